The first kappa shape index (κ1) is 12.2. The molecule has 1 rings (SSSR count). The van der Waals surface area contributed by atoms with Crippen molar-refractivity contribution in [2.45, 2.75) is 13.0 Å². The van der Waals surface area contributed by atoms with Gasteiger partial charge in [0.2, 0.25) is 10.0 Å². The molecular formula is C8H16N4O2S. The molecule has 1 atom stereocenters. The van der Waals surface area contributed by atoms with Crippen molar-refractivity contribution in [3.05, 3.63) is 18.0 Å². The number of sulfonamides is 1. The number of nitrogens with zero attached hydrogens (tertiary/aromatic N) is 1. The summed E-state index contributed by atoms with van der Waals surface area (Å²) >= 11 is 0. The van der Waals surface area contributed by atoms with E-state index in [0.717, 1.165) is 5.56 Å². The van der Waals surface area contributed by atoms with Crippen molar-refractivity contribution in [2.24, 2.45) is 0 Å². The van der Waals surface area contributed by atoms with Crippen molar-refractivity contribution in [3.63, 3.8) is 0 Å². The van der Waals surface area contributed by atoms with Gasteiger partial charge in [-0.1, -0.05) is 0 Å². The van der Waals surface area contributed by atoms with Gasteiger partial charge in [-0.3, -0.25) is 5.10 Å². The molecule has 0 saturated heterocycles. The molecule has 0 amide bonds. The molecular weight excluding hydrogens is 216 g/mol. The van der Waals surface area contributed by atoms with Crippen LogP contribution in [0.4, 0.5) is 0 Å². The van der Waals surface area contributed by atoms with Gasteiger partial charge in [0.05, 0.1) is 11.9 Å². The first-order valence-electron chi connectivity index (χ1n) is 4.68. The second kappa shape index (κ2) is 5.24. The molecule has 1 aromatic heterocycles. The van der Waals surface area contributed by atoms with Crippen LogP contribution in [0.15, 0.2) is 12.4 Å². The Hall–Kier alpha value is -0.920. The van der Waals surface area contributed by atoms with Crippen molar-refractivity contribution >= 4 is 10.0 Å². The molecule has 1 heterocycles. The van der Waals surface area contributed by atoms with E-state index in [0.29, 0.717) is 6.54 Å². The number of hydrogen-bond donors (Lipinski definition) is 3. The van der Waals surface area contributed by atoms with Gasteiger partial charge in [-0.05, 0) is 14.0 Å². The van der Waals surface area contributed by atoms with Crippen molar-refractivity contribution in [2.75, 3.05) is 19.3 Å². The number of H-pyrrole nitrogens is 1. The summed E-state index contributed by atoms with van der Waals surface area (Å²) in [7, 11) is -1.51. The summed E-state index contributed by atoms with van der Waals surface area (Å²) in [5.74, 6) is 0.0751. The minimum absolute atomic E-state index is 0.0751. The first-order valence-corrected chi connectivity index (χ1v) is 6.33. The SMILES string of the molecule is CNCCS(=O)(=O)NC(C)c1cn[nH]c1. The van der Waals surface area contributed by atoms with Gasteiger partial charge in [-0.2, -0.15) is 5.10 Å². The number of hydrogen-bond acceptors (Lipinski definition) is 4. The van der Waals surface area contributed by atoms with Gasteiger partial charge in [-0.15, -0.1) is 0 Å². The lowest BCUT2D eigenvalue weighted by Crippen LogP contribution is -2.32. The Labute approximate surface area is 89.5 Å². The van der Waals surface area contributed by atoms with Crippen LogP contribution in [0.2, 0.25) is 0 Å². The molecule has 0 radical (unpaired) electrons. The van der Waals surface area contributed by atoms with Crippen LogP contribution >= 0.6 is 0 Å². The van der Waals surface area contributed by atoms with Gasteiger partial charge in [0.1, 0.15) is 0 Å². The van der Waals surface area contributed by atoms with E-state index in [4.69, 9.17) is 0 Å². The quantitative estimate of drug-likeness (QED) is 0.623. The molecule has 3 N–H and O–H groups in total. The Bertz CT molecular complexity index is 373. The monoisotopic (exact) mass is 232 g/mol. The molecule has 86 valence electrons. The molecule has 1 unspecified atom stereocenters. The van der Waals surface area contributed by atoms with Crippen LogP contribution in [0, 0.1) is 0 Å². The summed E-state index contributed by atoms with van der Waals surface area (Å²) in [6, 6.07) is -0.259. The maximum absolute atomic E-state index is 11.5. The van der Waals surface area contributed by atoms with Crippen molar-refractivity contribution in [1.82, 2.24) is 20.2 Å². The third-order valence-electron chi connectivity index (χ3n) is 2.00. The maximum atomic E-state index is 11.5. The summed E-state index contributed by atoms with van der Waals surface area (Å²) in [6.45, 7) is 2.22. The maximum Gasteiger partial charge on any atom is 0.213 e. The highest BCUT2D eigenvalue weighted by atomic mass is 32.2. The van der Waals surface area contributed by atoms with Crippen molar-refractivity contribution in [3.8, 4) is 0 Å². The zero-order valence-electron chi connectivity index (χ0n) is 8.82. The molecule has 0 bridgehead atoms. The molecule has 1 aromatic rings. The van der Waals surface area contributed by atoms with E-state index in [1.54, 1.807) is 26.4 Å². The fourth-order valence-corrected chi connectivity index (χ4v) is 2.40. The molecule has 7 heteroatoms. The van der Waals surface area contributed by atoms with Gasteiger partial charge in [0, 0.05) is 24.3 Å². The average Bonchev–Trinajstić information content (AvgIpc) is 2.67. The van der Waals surface area contributed by atoms with Crippen LogP contribution in [-0.4, -0.2) is 38.0 Å². The second-order valence-corrected chi connectivity index (χ2v) is 5.17. The highest BCUT2D eigenvalue weighted by Gasteiger charge is 2.15. The summed E-state index contributed by atoms with van der Waals surface area (Å²) in [5, 5.41) is 9.20. The Balaban J connectivity index is 2.54. The van der Waals surface area contributed by atoms with Gasteiger partial charge < -0.3 is 5.32 Å². The Morgan fingerprint density at radius 2 is 2.33 bits per heavy atom. The smallest absolute Gasteiger partial charge is 0.213 e. The van der Waals surface area contributed by atoms with E-state index in [9.17, 15) is 8.42 Å². The fraction of sp³-hybridized carbons (Fsp3) is 0.625. The number of rotatable bonds is 6. The lowest BCUT2D eigenvalue weighted by Gasteiger charge is -2.12. The Kier molecular flexibility index (Phi) is 4.25. The highest BCUT2D eigenvalue weighted by Crippen LogP contribution is 2.10. The Morgan fingerprint density at radius 1 is 1.60 bits per heavy atom. The molecule has 15 heavy (non-hydrogen) atoms. The van der Waals surface area contributed by atoms with Gasteiger partial charge >= 0.3 is 0 Å². The summed E-state index contributed by atoms with van der Waals surface area (Å²) in [4.78, 5) is 0. The minimum atomic E-state index is -3.22. The van der Waals surface area contributed by atoms with E-state index >= 15 is 0 Å². The predicted octanol–water partition coefficient (Wildman–Crippen LogP) is -0.390. The van der Waals surface area contributed by atoms with Crippen molar-refractivity contribution < 1.29 is 8.42 Å². The lowest BCUT2D eigenvalue weighted by atomic mass is 10.2. The van der Waals surface area contributed by atoms with Gasteiger partial charge in [0.15, 0.2) is 0 Å². The van der Waals surface area contributed by atoms with Crippen LogP contribution in [0.5, 0.6) is 0 Å². The molecule has 0 spiro atoms. The van der Waals surface area contributed by atoms with E-state index in [2.05, 4.69) is 20.2 Å². The van der Waals surface area contributed by atoms with E-state index in [1.165, 1.54) is 0 Å². The summed E-state index contributed by atoms with van der Waals surface area (Å²) < 4.78 is 25.6. The van der Waals surface area contributed by atoms with Crippen LogP contribution in [-0.2, 0) is 10.0 Å². The topological polar surface area (TPSA) is 86.9 Å². The summed E-state index contributed by atoms with van der Waals surface area (Å²) in [6.07, 6.45) is 3.27. The van der Waals surface area contributed by atoms with Gasteiger partial charge in [0.25, 0.3) is 0 Å². The number of nitrogens with one attached hydrogen (secondary N) is 3. The highest BCUT2D eigenvalue weighted by molar-refractivity contribution is 7.89. The lowest BCUT2D eigenvalue weighted by molar-refractivity contribution is 0.565. The molecule has 0 fully saturated rings. The molecule has 0 aliphatic rings. The fourth-order valence-electron chi connectivity index (χ4n) is 1.13. The second-order valence-electron chi connectivity index (χ2n) is 3.29. The zero-order chi connectivity index (χ0) is 11.3. The van der Waals surface area contributed by atoms with E-state index < -0.39 is 10.0 Å². The molecule has 0 aliphatic heterocycles. The number of aromatic amines is 1. The molecule has 6 nitrogen and oxygen atoms in total. The Morgan fingerprint density at radius 3 is 2.87 bits per heavy atom. The largest absolute Gasteiger partial charge is 0.319 e. The zero-order valence-corrected chi connectivity index (χ0v) is 9.63. The normalized spacial score (nSPS) is 14.0. The van der Waals surface area contributed by atoms with Gasteiger partial charge in [-0.25, -0.2) is 13.1 Å². The standard InChI is InChI=1S/C8H16N4O2S/c1-7(8-5-10-11-6-8)12-15(13,14)4-3-9-2/h5-7,9,12H,3-4H2,1-2H3,(H,10,11). The van der Waals surface area contributed by atoms with E-state index in [-0.39, 0.29) is 11.8 Å². The predicted molar refractivity (Wildman–Crippen MR) is 57.9 cm³/mol. The molecule has 0 aliphatic carbocycles. The van der Waals surface area contributed by atoms with Crippen LogP contribution < -0.4 is 10.0 Å². The molecule has 0 aromatic carbocycles. The van der Waals surface area contributed by atoms with Crippen LogP contribution in [0.3, 0.4) is 0 Å². The first-order chi connectivity index (χ1) is 7.05. The minimum Gasteiger partial charge on any atom is -0.319 e. The average molecular weight is 232 g/mol. The third-order valence-corrected chi connectivity index (χ3v) is 3.45. The van der Waals surface area contributed by atoms with Crippen molar-refractivity contribution in [1.29, 1.82) is 0 Å². The van der Waals surface area contributed by atoms with Crippen LogP contribution in [0.25, 0.3) is 0 Å². The molecule has 0 saturated carbocycles. The summed E-state index contributed by atoms with van der Waals surface area (Å²) in [5.41, 5.74) is 0.822. The number of aromatic nitrogens is 2. The van der Waals surface area contributed by atoms with Crippen LogP contribution in [0.1, 0.15) is 18.5 Å². The van der Waals surface area contributed by atoms with E-state index in [1.807, 2.05) is 0 Å². The third kappa shape index (κ3) is 3.98.